The first kappa shape index (κ1) is 9.70. The Bertz CT molecular complexity index is 449. The number of aromatic nitrogens is 1. The zero-order valence-corrected chi connectivity index (χ0v) is 8.77. The predicted molar refractivity (Wildman–Crippen MR) is 57.1 cm³/mol. The molecule has 1 heterocycles. The number of allylic oxidation sites excluding steroid dienone is 1. The molecule has 0 atom stereocenters. The van der Waals surface area contributed by atoms with Crippen LogP contribution in [-0.2, 0) is 12.8 Å². The van der Waals surface area contributed by atoms with E-state index in [1.54, 1.807) is 23.5 Å². The Kier molecular flexibility index (Phi) is 2.66. The van der Waals surface area contributed by atoms with Crippen LogP contribution in [0.1, 0.15) is 17.0 Å². The van der Waals surface area contributed by atoms with Gasteiger partial charge in [0.25, 0.3) is 0 Å². The minimum absolute atomic E-state index is 0.0605. The van der Waals surface area contributed by atoms with E-state index in [0.29, 0.717) is 0 Å². The van der Waals surface area contributed by atoms with Gasteiger partial charge >= 0.3 is 0 Å². The van der Waals surface area contributed by atoms with Crippen LogP contribution in [0, 0.1) is 22.7 Å². The summed E-state index contributed by atoms with van der Waals surface area (Å²) in [7, 11) is 0. The number of hydrogen-bond acceptors (Lipinski definition) is 5. The molecule has 0 aliphatic heterocycles. The molecule has 0 fully saturated rings. The van der Waals surface area contributed by atoms with Crippen LogP contribution in [0.15, 0.2) is 11.8 Å². The molecule has 1 aromatic rings. The highest BCUT2D eigenvalue weighted by Gasteiger charge is 2.15. The van der Waals surface area contributed by atoms with Crippen LogP contribution in [0.5, 0.6) is 0 Å². The van der Waals surface area contributed by atoms with E-state index in [1.165, 1.54) is 17.5 Å². The number of anilines is 1. The summed E-state index contributed by atoms with van der Waals surface area (Å²) in [5, 5.41) is 20.7. The maximum Gasteiger partial charge on any atom is 0.187 e. The topological polar surface area (TPSA) is 72.5 Å². The van der Waals surface area contributed by atoms with Gasteiger partial charge in [0.15, 0.2) is 5.13 Å². The highest BCUT2D eigenvalue weighted by molar-refractivity contribution is 7.15. The average Bonchev–Trinajstić information content (AvgIpc) is 2.79. The summed E-state index contributed by atoms with van der Waals surface area (Å²) < 4.78 is 0. The fourth-order valence-electron chi connectivity index (χ4n) is 1.48. The van der Waals surface area contributed by atoms with Crippen LogP contribution in [0.25, 0.3) is 0 Å². The summed E-state index contributed by atoms with van der Waals surface area (Å²) in [6.07, 6.45) is 4.72. The first-order valence-electron chi connectivity index (χ1n) is 4.59. The van der Waals surface area contributed by atoms with E-state index >= 15 is 0 Å². The van der Waals surface area contributed by atoms with E-state index < -0.39 is 0 Å². The molecular weight excluding hydrogens is 208 g/mol. The molecule has 1 aliphatic rings. The number of nitriles is 2. The lowest BCUT2D eigenvalue weighted by Crippen LogP contribution is -1.89. The Morgan fingerprint density at radius 3 is 2.87 bits per heavy atom. The zero-order chi connectivity index (χ0) is 10.7. The first-order chi connectivity index (χ1) is 7.33. The van der Waals surface area contributed by atoms with Crippen molar-refractivity contribution in [2.45, 2.75) is 19.3 Å². The van der Waals surface area contributed by atoms with Crippen molar-refractivity contribution in [3.63, 3.8) is 0 Å². The van der Waals surface area contributed by atoms with Gasteiger partial charge in [-0.25, -0.2) is 4.98 Å². The van der Waals surface area contributed by atoms with Crippen molar-refractivity contribution in [1.82, 2.24) is 4.98 Å². The smallest absolute Gasteiger partial charge is 0.187 e. The van der Waals surface area contributed by atoms with Gasteiger partial charge in [0.05, 0.1) is 5.69 Å². The van der Waals surface area contributed by atoms with Crippen LogP contribution in [0.2, 0.25) is 0 Å². The Hall–Kier alpha value is -1.85. The van der Waals surface area contributed by atoms with Gasteiger partial charge in [-0.05, 0) is 19.3 Å². The van der Waals surface area contributed by atoms with E-state index in [2.05, 4.69) is 10.3 Å². The van der Waals surface area contributed by atoms with E-state index in [4.69, 9.17) is 10.5 Å². The monoisotopic (exact) mass is 216 g/mol. The van der Waals surface area contributed by atoms with Gasteiger partial charge in [-0.3, -0.25) is 0 Å². The molecule has 4 nitrogen and oxygen atoms in total. The SMILES string of the molecule is N#CC(C#N)=CNc1nc2c(s1)CCC2. The number of nitrogens with zero attached hydrogens (tertiary/aromatic N) is 3. The Morgan fingerprint density at radius 1 is 1.40 bits per heavy atom. The quantitative estimate of drug-likeness (QED) is 0.767. The van der Waals surface area contributed by atoms with Gasteiger partial charge in [0.2, 0.25) is 0 Å². The second-order valence-electron chi connectivity index (χ2n) is 3.17. The summed E-state index contributed by atoms with van der Waals surface area (Å²) in [6.45, 7) is 0. The second-order valence-corrected chi connectivity index (χ2v) is 4.25. The van der Waals surface area contributed by atoms with Crippen molar-refractivity contribution >= 4 is 16.5 Å². The molecule has 0 bridgehead atoms. The van der Waals surface area contributed by atoms with E-state index in [0.717, 1.165) is 23.7 Å². The third-order valence-corrected chi connectivity index (χ3v) is 3.27. The van der Waals surface area contributed by atoms with Gasteiger partial charge in [-0.15, -0.1) is 11.3 Å². The molecule has 0 radical (unpaired) electrons. The van der Waals surface area contributed by atoms with Crippen molar-refractivity contribution < 1.29 is 0 Å². The summed E-state index contributed by atoms with van der Waals surface area (Å²) in [4.78, 5) is 5.70. The molecule has 15 heavy (non-hydrogen) atoms. The average molecular weight is 216 g/mol. The van der Waals surface area contributed by atoms with Gasteiger partial charge in [-0.2, -0.15) is 10.5 Å². The normalized spacial score (nSPS) is 12.4. The molecule has 0 saturated heterocycles. The molecule has 5 heteroatoms. The number of aryl methyl sites for hydroxylation is 2. The van der Waals surface area contributed by atoms with Gasteiger partial charge in [0.1, 0.15) is 17.7 Å². The molecule has 0 aromatic carbocycles. The number of fused-ring (bicyclic) bond motifs is 1. The molecule has 1 aromatic heterocycles. The first-order valence-corrected chi connectivity index (χ1v) is 5.40. The minimum atomic E-state index is 0.0605. The van der Waals surface area contributed by atoms with E-state index in [1.807, 2.05) is 0 Å². The highest BCUT2D eigenvalue weighted by Crippen LogP contribution is 2.30. The van der Waals surface area contributed by atoms with Crippen LogP contribution in [0.4, 0.5) is 5.13 Å². The molecule has 2 rings (SSSR count). The van der Waals surface area contributed by atoms with Crippen molar-refractivity contribution in [3.05, 3.63) is 22.3 Å². The van der Waals surface area contributed by atoms with E-state index in [-0.39, 0.29) is 5.57 Å². The lowest BCUT2D eigenvalue weighted by atomic mass is 10.4. The van der Waals surface area contributed by atoms with Gasteiger partial charge < -0.3 is 5.32 Å². The van der Waals surface area contributed by atoms with Crippen molar-refractivity contribution in [3.8, 4) is 12.1 Å². The number of thiazole rings is 1. The summed E-state index contributed by atoms with van der Waals surface area (Å²) in [5.41, 5.74) is 1.22. The molecule has 0 spiro atoms. The molecule has 74 valence electrons. The molecule has 0 saturated carbocycles. The summed E-state index contributed by atoms with van der Waals surface area (Å²) in [5.74, 6) is 0. The molecule has 1 aliphatic carbocycles. The van der Waals surface area contributed by atoms with Gasteiger partial charge in [-0.1, -0.05) is 0 Å². The lowest BCUT2D eigenvalue weighted by Gasteiger charge is -1.92. The maximum atomic E-state index is 8.52. The highest BCUT2D eigenvalue weighted by atomic mass is 32.1. The predicted octanol–water partition coefficient (Wildman–Crippen LogP) is 1.97. The van der Waals surface area contributed by atoms with Crippen LogP contribution in [-0.4, -0.2) is 4.98 Å². The van der Waals surface area contributed by atoms with Gasteiger partial charge in [0, 0.05) is 11.1 Å². The molecule has 0 amide bonds. The molecule has 0 unspecified atom stereocenters. The summed E-state index contributed by atoms with van der Waals surface area (Å²) in [6, 6.07) is 3.57. The lowest BCUT2D eigenvalue weighted by molar-refractivity contribution is 0.900. The largest absolute Gasteiger partial charge is 0.336 e. The number of hydrogen-bond donors (Lipinski definition) is 1. The number of nitrogens with one attached hydrogen (secondary N) is 1. The molecular formula is C10H8N4S. The number of rotatable bonds is 2. The maximum absolute atomic E-state index is 8.52. The third kappa shape index (κ3) is 1.98. The summed E-state index contributed by atoms with van der Waals surface area (Å²) >= 11 is 1.60. The van der Waals surface area contributed by atoms with E-state index in [9.17, 15) is 0 Å². The third-order valence-electron chi connectivity index (χ3n) is 2.18. The van der Waals surface area contributed by atoms with Crippen LogP contribution < -0.4 is 5.32 Å². The Labute approximate surface area is 91.5 Å². The van der Waals surface area contributed by atoms with Crippen LogP contribution >= 0.6 is 11.3 Å². The van der Waals surface area contributed by atoms with Crippen molar-refractivity contribution in [1.29, 1.82) is 10.5 Å². The zero-order valence-electron chi connectivity index (χ0n) is 7.95. The van der Waals surface area contributed by atoms with Crippen LogP contribution in [0.3, 0.4) is 0 Å². The fourth-order valence-corrected chi connectivity index (χ4v) is 2.49. The minimum Gasteiger partial charge on any atom is -0.336 e. The Morgan fingerprint density at radius 2 is 2.20 bits per heavy atom. The Balaban J connectivity index is 2.10. The van der Waals surface area contributed by atoms with Crippen molar-refractivity contribution in [2.24, 2.45) is 0 Å². The standard InChI is InChI=1S/C10H8N4S/c11-4-7(5-12)6-13-10-14-8-2-1-3-9(8)15-10/h6H,1-3H2,(H,13,14). The second kappa shape index (κ2) is 4.12. The fraction of sp³-hybridized carbons (Fsp3) is 0.300. The van der Waals surface area contributed by atoms with Crippen molar-refractivity contribution in [2.75, 3.05) is 5.32 Å². The molecule has 1 N–H and O–H groups in total.